The number of ether oxygens (including phenoxy) is 1. The third-order valence-corrected chi connectivity index (χ3v) is 2.45. The molecule has 0 unspecified atom stereocenters. The molecule has 11 heteroatoms. The SMILES string of the molecule is NC(=S)Nc1cc(Br)c(OC(F)(F)F)cc1[N+](=O)[O-]. The van der Waals surface area contributed by atoms with Crippen LogP contribution in [0.4, 0.5) is 24.5 Å². The Labute approximate surface area is 118 Å². The van der Waals surface area contributed by atoms with Crippen LogP contribution in [-0.2, 0) is 0 Å². The predicted octanol–water partition coefficient (Wildman–Crippen LogP) is 2.91. The number of rotatable bonds is 3. The van der Waals surface area contributed by atoms with Gasteiger partial charge in [-0.3, -0.25) is 10.1 Å². The molecule has 6 nitrogen and oxygen atoms in total. The van der Waals surface area contributed by atoms with E-state index in [1.807, 2.05) is 0 Å². The number of alkyl halides is 3. The average molecular weight is 360 g/mol. The van der Waals surface area contributed by atoms with Crippen molar-refractivity contribution in [3.8, 4) is 5.75 Å². The number of thiocarbonyl (C=S) groups is 1. The fourth-order valence-electron chi connectivity index (χ4n) is 1.13. The highest BCUT2D eigenvalue weighted by Crippen LogP contribution is 2.38. The van der Waals surface area contributed by atoms with E-state index >= 15 is 0 Å². The molecule has 0 radical (unpaired) electrons. The summed E-state index contributed by atoms with van der Waals surface area (Å²) in [5, 5.41) is 12.8. The molecular formula is C8H5BrF3N3O3S. The first kappa shape index (κ1) is 15.4. The Morgan fingerprint density at radius 3 is 2.53 bits per heavy atom. The van der Waals surface area contributed by atoms with E-state index in [0.717, 1.165) is 6.07 Å². The molecule has 0 atom stereocenters. The van der Waals surface area contributed by atoms with E-state index in [1.54, 1.807) is 0 Å². The van der Waals surface area contributed by atoms with Gasteiger partial charge in [-0.05, 0) is 34.2 Å². The van der Waals surface area contributed by atoms with Crippen molar-refractivity contribution in [2.24, 2.45) is 5.73 Å². The van der Waals surface area contributed by atoms with E-state index in [0.29, 0.717) is 6.07 Å². The molecular weight excluding hydrogens is 355 g/mol. The normalized spacial score (nSPS) is 10.9. The minimum absolute atomic E-state index is 0.144. The Balaban J connectivity index is 3.28. The van der Waals surface area contributed by atoms with Gasteiger partial charge in [0.1, 0.15) is 5.69 Å². The van der Waals surface area contributed by atoms with Gasteiger partial charge in [-0.15, -0.1) is 13.2 Å². The van der Waals surface area contributed by atoms with Gasteiger partial charge in [0, 0.05) is 0 Å². The van der Waals surface area contributed by atoms with Gasteiger partial charge in [-0.25, -0.2) is 0 Å². The van der Waals surface area contributed by atoms with E-state index < -0.39 is 22.7 Å². The summed E-state index contributed by atoms with van der Waals surface area (Å²) in [4.78, 5) is 9.87. The Bertz CT molecular complexity index is 538. The molecule has 0 aliphatic heterocycles. The van der Waals surface area contributed by atoms with Gasteiger partial charge in [0.05, 0.1) is 15.5 Å². The van der Waals surface area contributed by atoms with Crippen LogP contribution in [0.15, 0.2) is 16.6 Å². The van der Waals surface area contributed by atoms with Gasteiger partial charge in [-0.2, -0.15) is 0 Å². The molecule has 0 bridgehead atoms. The van der Waals surface area contributed by atoms with E-state index in [9.17, 15) is 23.3 Å². The molecule has 0 aliphatic rings. The van der Waals surface area contributed by atoms with Crippen LogP contribution in [0.1, 0.15) is 0 Å². The third-order valence-electron chi connectivity index (χ3n) is 1.73. The number of hydrogen-bond acceptors (Lipinski definition) is 4. The third kappa shape index (κ3) is 4.52. The standard InChI is InChI=1S/C8H5BrF3N3O3S/c9-3-1-4(14-7(13)19)5(15(16)17)2-6(3)18-8(10,11)12/h1-2H,(H3,13,14,19). The van der Waals surface area contributed by atoms with Crippen molar-refractivity contribution in [3.05, 3.63) is 26.7 Å². The fourth-order valence-corrected chi connectivity index (χ4v) is 1.66. The molecule has 1 aromatic rings. The Morgan fingerprint density at radius 2 is 2.11 bits per heavy atom. The minimum atomic E-state index is -4.96. The highest BCUT2D eigenvalue weighted by molar-refractivity contribution is 9.10. The number of benzene rings is 1. The zero-order valence-electron chi connectivity index (χ0n) is 8.82. The second kappa shape index (κ2) is 5.57. The van der Waals surface area contributed by atoms with Crippen LogP contribution in [0, 0.1) is 10.1 Å². The number of nitro benzene ring substituents is 1. The quantitative estimate of drug-likeness (QED) is 0.489. The predicted molar refractivity (Wildman–Crippen MR) is 67.9 cm³/mol. The fraction of sp³-hybridized carbons (Fsp3) is 0.125. The number of halogens is 4. The summed E-state index contributed by atoms with van der Waals surface area (Å²) >= 11 is 7.31. The van der Waals surface area contributed by atoms with Gasteiger partial charge >= 0.3 is 6.36 Å². The van der Waals surface area contributed by atoms with E-state index in [1.165, 1.54) is 0 Å². The Hall–Kier alpha value is -1.62. The van der Waals surface area contributed by atoms with Crippen molar-refractivity contribution in [3.63, 3.8) is 0 Å². The van der Waals surface area contributed by atoms with Crippen LogP contribution >= 0.6 is 28.1 Å². The molecule has 104 valence electrons. The van der Waals surface area contributed by atoms with Gasteiger partial charge in [0.25, 0.3) is 5.69 Å². The zero-order chi connectivity index (χ0) is 14.8. The Morgan fingerprint density at radius 1 is 1.53 bits per heavy atom. The molecule has 1 aromatic carbocycles. The maximum absolute atomic E-state index is 12.1. The van der Waals surface area contributed by atoms with Gasteiger partial charge in [-0.1, -0.05) is 0 Å². The number of nitrogens with one attached hydrogen (secondary N) is 1. The number of hydrogen-bond donors (Lipinski definition) is 2. The second-order valence-corrected chi connectivity index (χ2v) is 4.39. The minimum Gasteiger partial charge on any atom is -0.404 e. The summed E-state index contributed by atoms with van der Waals surface area (Å²) < 4.78 is 39.8. The van der Waals surface area contributed by atoms with Crippen molar-refractivity contribution in [1.82, 2.24) is 0 Å². The molecule has 0 aromatic heterocycles. The number of nitro groups is 1. The topological polar surface area (TPSA) is 90.4 Å². The molecule has 0 heterocycles. The summed E-state index contributed by atoms with van der Waals surface area (Å²) in [6, 6.07) is 1.62. The molecule has 0 spiro atoms. The van der Waals surface area contributed by atoms with E-state index in [2.05, 4.69) is 38.2 Å². The molecule has 1 rings (SSSR count). The van der Waals surface area contributed by atoms with Gasteiger partial charge in [0.15, 0.2) is 10.9 Å². The lowest BCUT2D eigenvalue weighted by atomic mass is 10.2. The highest BCUT2D eigenvalue weighted by atomic mass is 79.9. The molecule has 0 amide bonds. The molecule has 0 saturated carbocycles. The van der Waals surface area contributed by atoms with Crippen LogP contribution in [-0.4, -0.2) is 16.4 Å². The summed E-state index contributed by atoms with van der Waals surface area (Å²) in [5.74, 6) is -0.743. The van der Waals surface area contributed by atoms with Gasteiger partial charge < -0.3 is 15.8 Å². The van der Waals surface area contributed by atoms with Crippen molar-refractivity contribution < 1.29 is 22.8 Å². The van der Waals surface area contributed by atoms with Crippen molar-refractivity contribution >= 4 is 44.6 Å². The highest BCUT2D eigenvalue weighted by Gasteiger charge is 2.33. The van der Waals surface area contributed by atoms with Crippen LogP contribution < -0.4 is 15.8 Å². The zero-order valence-corrected chi connectivity index (χ0v) is 11.2. The molecule has 0 aliphatic carbocycles. The number of nitrogens with zero attached hydrogens (tertiary/aromatic N) is 1. The van der Waals surface area contributed by atoms with Crippen LogP contribution in [0.3, 0.4) is 0 Å². The maximum atomic E-state index is 12.1. The van der Waals surface area contributed by atoms with Crippen LogP contribution in [0.25, 0.3) is 0 Å². The average Bonchev–Trinajstić information content (AvgIpc) is 2.18. The number of anilines is 1. The second-order valence-electron chi connectivity index (χ2n) is 3.09. The van der Waals surface area contributed by atoms with Crippen LogP contribution in [0.5, 0.6) is 5.75 Å². The molecule has 19 heavy (non-hydrogen) atoms. The van der Waals surface area contributed by atoms with Crippen molar-refractivity contribution in [2.45, 2.75) is 6.36 Å². The molecule has 0 saturated heterocycles. The van der Waals surface area contributed by atoms with Crippen molar-refractivity contribution in [2.75, 3.05) is 5.32 Å². The first-order chi connectivity index (χ1) is 8.60. The lowest BCUT2D eigenvalue weighted by molar-refractivity contribution is -0.384. The lowest BCUT2D eigenvalue weighted by Crippen LogP contribution is -2.20. The maximum Gasteiger partial charge on any atom is 0.573 e. The lowest BCUT2D eigenvalue weighted by Gasteiger charge is -2.12. The summed E-state index contributed by atoms with van der Waals surface area (Å²) in [5.41, 5.74) is 4.34. The first-order valence-corrected chi connectivity index (χ1v) is 5.60. The largest absolute Gasteiger partial charge is 0.573 e. The number of nitrogens with two attached hydrogens (primary N) is 1. The smallest absolute Gasteiger partial charge is 0.404 e. The van der Waals surface area contributed by atoms with E-state index in [4.69, 9.17) is 5.73 Å². The first-order valence-electron chi connectivity index (χ1n) is 4.40. The van der Waals surface area contributed by atoms with Crippen molar-refractivity contribution in [1.29, 1.82) is 0 Å². The summed E-state index contributed by atoms with van der Waals surface area (Å²) in [7, 11) is 0. The molecule has 3 N–H and O–H groups in total. The molecule has 0 fully saturated rings. The van der Waals surface area contributed by atoms with Gasteiger partial charge in [0.2, 0.25) is 0 Å². The van der Waals surface area contributed by atoms with Crippen LogP contribution in [0.2, 0.25) is 0 Å². The summed E-state index contributed by atoms with van der Waals surface area (Å²) in [6.45, 7) is 0. The summed E-state index contributed by atoms with van der Waals surface area (Å²) in [6.07, 6.45) is -4.96. The monoisotopic (exact) mass is 359 g/mol. The van der Waals surface area contributed by atoms with E-state index in [-0.39, 0.29) is 15.3 Å². The Kier molecular flexibility index (Phi) is 4.52.